The van der Waals surface area contributed by atoms with E-state index in [-0.39, 0.29) is 29.3 Å². The van der Waals surface area contributed by atoms with Crippen molar-refractivity contribution in [1.29, 1.82) is 0 Å². The van der Waals surface area contributed by atoms with E-state index >= 15 is 0 Å². The van der Waals surface area contributed by atoms with E-state index in [1.54, 1.807) is 0 Å². The molecule has 0 amide bonds. The highest BCUT2D eigenvalue weighted by atomic mass is 32.2. The van der Waals surface area contributed by atoms with Gasteiger partial charge in [-0.15, -0.1) is 11.3 Å². The summed E-state index contributed by atoms with van der Waals surface area (Å²) in [6.45, 7) is 5.12. The lowest BCUT2D eigenvalue weighted by atomic mass is 10.0. The van der Waals surface area contributed by atoms with Crippen molar-refractivity contribution in [1.82, 2.24) is 9.88 Å². The van der Waals surface area contributed by atoms with E-state index < -0.39 is 38.7 Å². The lowest BCUT2D eigenvalue weighted by Crippen LogP contribution is -2.39. The quantitative estimate of drug-likeness (QED) is 0.329. The van der Waals surface area contributed by atoms with Crippen LogP contribution in [0.5, 0.6) is 5.75 Å². The Kier molecular flexibility index (Phi) is 10.1. The molecule has 1 aliphatic rings. The maximum atomic E-state index is 15.0. The predicted molar refractivity (Wildman–Crippen MR) is 138 cm³/mol. The summed E-state index contributed by atoms with van der Waals surface area (Å²) in [6.07, 6.45) is -3.89. The first kappa shape index (κ1) is 31.2. The molecule has 2 N–H and O–H groups in total. The van der Waals surface area contributed by atoms with E-state index in [2.05, 4.69) is 33.7 Å². The Morgan fingerprint density at radius 3 is 2.33 bits per heavy atom. The van der Waals surface area contributed by atoms with Crippen LogP contribution in [0.4, 0.5) is 27.8 Å². The maximum Gasteiger partial charge on any atom is 0.490 e. The molecule has 15 heteroatoms. The van der Waals surface area contributed by atoms with Gasteiger partial charge in [-0.2, -0.15) is 13.2 Å². The van der Waals surface area contributed by atoms with Gasteiger partial charge in [0.25, 0.3) is 10.0 Å². The molecule has 2 aromatic carbocycles. The van der Waals surface area contributed by atoms with Crippen molar-refractivity contribution in [3.05, 3.63) is 70.1 Å². The summed E-state index contributed by atoms with van der Waals surface area (Å²) in [5, 5.41) is 8.56. The van der Waals surface area contributed by atoms with E-state index in [1.165, 1.54) is 23.4 Å². The molecule has 4 rings (SSSR count). The van der Waals surface area contributed by atoms with Crippen LogP contribution in [0.15, 0.2) is 52.2 Å². The number of carboxylic acid groups (broad SMARTS) is 1. The van der Waals surface area contributed by atoms with Gasteiger partial charge in [0.05, 0.1) is 5.51 Å². The van der Waals surface area contributed by atoms with E-state index in [0.29, 0.717) is 12.8 Å². The van der Waals surface area contributed by atoms with Gasteiger partial charge in [-0.3, -0.25) is 9.62 Å². The van der Waals surface area contributed by atoms with Crippen molar-refractivity contribution in [2.75, 3.05) is 17.8 Å². The minimum Gasteiger partial charge on any atom is -0.490 e. The van der Waals surface area contributed by atoms with Gasteiger partial charge in [-0.1, -0.05) is 30.3 Å². The summed E-state index contributed by atoms with van der Waals surface area (Å²) in [7, 11) is -4.48. The molecule has 1 fully saturated rings. The number of halogens is 5. The number of likely N-dealkylation sites (tertiary alicyclic amines) is 1. The molecule has 218 valence electrons. The first-order valence-corrected chi connectivity index (χ1v) is 14.3. The summed E-state index contributed by atoms with van der Waals surface area (Å²) < 4.78 is 94.6. The number of carboxylic acids is 1. The lowest BCUT2D eigenvalue weighted by Gasteiger charge is -2.36. The number of aromatic nitrogens is 1. The van der Waals surface area contributed by atoms with Crippen LogP contribution >= 0.6 is 11.3 Å². The SMILES string of the molecule is Cc1c(OC2CCN([C@H](C)c3ccccc3)CC2)cc(F)c(S(=O)(=O)Nc2cscn2)c1F.O=C(O)C(F)(F)F. The molecule has 3 aromatic rings. The topological polar surface area (TPSA) is 109 Å². The number of sulfonamides is 1. The minimum absolute atomic E-state index is 0.00766. The van der Waals surface area contributed by atoms with Crippen LogP contribution in [0, 0.1) is 18.6 Å². The molecule has 1 atom stereocenters. The maximum absolute atomic E-state index is 15.0. The molecular formula is C25H26F5N3O5S2. The molecule has 0 radical (unpaired) electrons. The fourth-order valence-electron chi connectivity index (χ4n) is 4.00. The standard InChI is InChI=1S/C23H25F2N3O3S2.C2HF3O2/c1-15-20(12-19(24)23(22(15)25)33(29,30)27-21-13-32-14-26-21)31-18-8-10-28(11-9-18)16(2)17-6-4-3-5-7-17;3-2(4,5)1(6)7/h3-7,12-14,16,18,27H,8-11H2,1-2H3;(H,6,7)/t16-;/m1./s1. The Hall–Kier alpha value is -3.30. The summed E-state index contributed by atoms with van der Waals surface area (Å²) >= 11 is 1.16. The van der Waals surface area contributed by atoms with Crippen molar-refractivity contribution in [3.8, 4) is 5.75 Å². The van der Waals surface area contributed by atoms with Crippen LogP contribution in [0.25, 0.3) is 0 Å². The van der Waals surface area contributed by atoms with Crippen molar-refractivity contribution >= 4 is 33.1 Å². The average Bonchev–Trinajstić information content (AvgIpc) is 3.39. The van der Waals surface area contributed by atoms with E-state index in [0.717, 1.165) is 30.5 Å². The monoisotopic (exact) mass is 607 g/mol. The van der Waals surface area contributed by atoms with Crippen LogP contribution in [-0.4, -0.2) is 54.7 Å². The third-order valence-electron chi connectivity index (χ3n) is 6.16. The number of hydrogen-bond donors (Lipinski definition) is 2. The molecule has 0 aliphatic carbocycles. The molecule has 40 heavy (non-hydrogen) atoms. The smallest absolute Gasteiger partial charge is 0.490 e. The van der Waals surface area contributed by atoms with Crippen LogP contribution in [0.3, 0.4) is 0 Å². The second kappa shape index (κ2) is 12.9. The number of alkyl halides is 3. The Morgan fingerprint density at radius 2 is 1.80 bits per heavy atom. The molecule has 0 saturated carbocycles. The zero-order valence-electron chi connectivity index (χ0n) is 21.3. The van der Waals surface area contributed by atoms with Crippen molar-refractivity contribution in [2.45, 2.75) is 49.9 Å². The number of piperidine rings is 1. The number of thiazole rings is 1. The highest BCUT2D eigenvalue weighted by Gasteiger charge is 2.38. The van der Waals surface area contributed by atoms with Gasteiger partial charge in [0.2, 0.25) is 0 Å². The zero-order valence-corrected chi connectivity index (χ0v) is 22.9. The number of benzene rings is 2. The van der Waals surface area contributed by atoms with E-state index in [1.807, 2.05) is 18.2 Å². The fourth-order valence-corrected chi connectivity index (χ4v) is 5.75. The summed E-state index contributed by atoms with van der Waals surface area (Å²) in [5.41, 5.74) is 2.61. The molecular weight excluding hydrogens is 581 g/mol. The number of rotatable bonds is 7. The Morgan fingerprint density at radius 1 is 1.20 bits per heavy atom. The highest BCUT2D eigenvalue weighted by molar-refractivity contribution is 7.92. The Balaban J connectivity index is 0.000000559. The summed E-state index contributed by atoms with van der Waals surface area (Å²) in [6, 6.07) is 11.4. The number of aliphatic carboxylic acids is 1. The van der Waals surface area contributed by atoms with Crippen molar-refractivity contribution in [3.63, 3.8) is 0 Å². The minimum atomic E-state index is -5.08. The predicted octanol–water partition coefficient (Wildman–Crippen LogP) is 5.77. The molecule has 0 unspecified atom stereocenters. The van der Waals surface area contributed by atoms with Gasteiger partial charge >= 0.3 is 12.1 Å². The highest BCUT2D eigenvalue weighted by Crippen LogP contribution is 2.33. The largest absolute Gasteiger partial charge is 0.490 e. The molecule has 2 heterocycles. The first-order valence-electron chi connectivity index (χ1n) is 11.9. The van der Waals surface area contributed by atoms with Gasteiger partial charge in [0, 0.05) is 36.1 Å². The number of carbonyl (C=O) groups is 1. The third kappa shape index (κ3) is 7.88. The van der Waals surface area contributed by atoms with Gasteiger partial charge in [-0.25, -0.2) is 27.0 Å². The molecule has 0 bridgehead atoms. The van der Waals surface area contributed by atoms with Gasteiger partial charge < -0.3 is 9.84 Å². The number of hydrogen-bond acceptors (Lipinski definition) is 7. The van der Waals surface area contributed by atoms with Gasteiger partial charge in [0.15, 0.2) is 16.5 Å². The molecule has 8 nitrogen and oxygen atoms in total. The molecule has 0 spiro atoms. The number of nitrogens with one attached hydrogen (secondary N) is 1. The third-order valence-corrected chi connectivity index (χ3v) is 8.13. The average molecular weight is 608 g/mol. The van der Waals surface area contributed by atoms with Crippen molar-refractivity contribution < 1.29 is 45.0 Å². The van der Waals surface area contributed by atoms with Crippen molar-refractivity contribution in [2.24, 2.45) is 0 Å². The van der Waals surface area contributed by atoms with Gasteiger partial charge in [-0.05, 0) is 32.3 Å². The van der Waals surface area contributed by atoms with E-state index in [4.69, 9.17) is 14.6 Å². The Bertz CT molecular complexity index is 1400. The van der Waals surface area contributed by atoms with Gasteiger partial charge in [0.1, 0.15) is 17.7 Å². The normalized spacial score (nSPS) is 15.6. The van der Waals surface area contributed by atoms with Crippen LogP contribution in [0.1, 0.15) is 36.9 Å². The second-order valence-electron chi connectivity index (χ2n) is 8.85. The number of anilines is 1. The lowest BCUT2D eigenvalue weighted by molar-refractivity contribution is -0.192. The fraction of sp³-hybridized carbons (Fsp3) is 0.360. The molecule has 1 saturated heterocycles. The second-order valence-corrected chi connectivity index (χ2v) is 11.2. The summed E-state index contributed by atoms with van der Waals surface area (Å²) in [4.78, 5) is 14.0. The molecule has 1 aromatic heterocycles. The zero-order chi connectivity index (χ0) is 29.7. The number of ether oxygens (including phenoxy) is 1. The van der Waals surface area contributed by atoms with Crippen LogP contribution in [-0.2, 0) is 14.8 Å². The summed E-state index contributed by atoms with van der Waals surface area (Å²) in [5.74, 6) is -5.10. The number of nitrogens with zero attached hydrogens (tertiary/aromatic N) is 2. The van der Waals surface area contributed by atoms with Crippen LogP contribution < -0.4 is 9.46 Å². The first-order chi connectivity index (χ1) is 18.7. The molecule has 1 aliphatic heterocycles. The van der Waals surface area contributed by atoms with Crippen LogP contribution in [0.2, 0.25) is 0 Å². The Labute approximate surface area is 231 Å². The van der Waals surface area contributed by atoms with E-state index in [9.17, 15) is 30.4 Å².